The molecule has 5 heteroatoms. The van der Waals surface area contributed by atoms with E-state index in [1.165, 1.54) is 5.56 Å². The summed E-state index contributed by atoms with van der Waals surface area (Å²) in [5.74, 6) is 0.904. The first-order valence-corrected chi connectivity index (χ1v) is 9.00. The minimum Gasteiger partial charge on any atom is -0.351 e. The van der Waals surface area contributed by atoms with Gasteiger partial charge in [0.05, 0.1) is 10.9 Å². The highest BCUT2D eigenvalue weighted by Crippen LogP contribution is 2.17. The van der Waals surface area contributed by atoms with Crippen molar-refractivity contribution in [2.45, 2.75) is 32.2 Å². The average Bonchev–Trinajstić information content (AvgIpc) is 3.15. The maximum absolute atomic E-state index is 12.5. The van der Waals surface area contributed by atoms with E-state index in [-0.39, 0.29) is 17.4 Å². The third kappa shape index (κ3) is 3.01. The zero-order valence-electron chi connectivity index (χ0n) is 14.7. The molecule has 0 saturated carbocycles. The van der Waals surface area contributed by atoms with Crippen LogP contribution in [0.5, 0.6) is 0 Å². The van der Waals surface area contributed by atoms with Crippen LogP contribution in [0.3, 0.4) is 0 Å². The van der Waals surface area contributed by atoms with Crippen molar-refractivity contribution in [2.24, 2.45) is 0 Å². The number of benzene rings is 2. The third-order valence-corrected chi connectivity index (χ3v) is 5.02. The van der Waals surface area contributed by atoms with Crippen LogP contribution in [-0.4, -0.2) is 22.0 Å². The van der Waals surface area contributed by atoms with Crippen LogP contribution in [0.2, 0.25) is 0 Å². The van der Waals surface area contributed by atoms with Gasteiger partial charge in [-0.25, -0.2) is 4.98 Å². The molecule has 26 heavy (non-hydrogen) atoms. The normalized spacial score (nSPS) is 14.2. The molecule has 4 rings (SSSR count). The Hall–Kier alpha value is -2.95. The Labute approximate surface area is 151 Å². The number of aryl methyl sites for hydroxylation is 1. The summed E-state index contributed by atoms with van der Waals surface area (Å²) in [6, 6.07) is 15.2. The van der Waals surface area contributed by atoms with E-state index in [0.717, 1.165) is 25.2 Å². The molecule has 2 aromatic carbocycles. The van der Waals surface area contributed by atoms with Gasteiger partial charge >= 0.3 is 0 Å². The Kier molecular flexibility index (Phi) is 4.29. The number of amides is 1. The highest BCUT2D eigenvalue weighted by molar-refractivity contribution is 5.97. The first-order valence-electron chi connectivity index (χ1n) is 9.00. The number of carbonyl (C=O) groups is 1. The number of rotatable bonds is 4. The summed E-state index contributed by atoms with van der Waals surface area (Å²) in [6.45, 7) is 3.37. The molecule has 1 aliphatic rings. The van der Waals surface area contributed by atoms with Crippen LogP contribution in [0.1, 0.15) is 41.0 Å². The lowest BCUT2D eigenvalue weighted by molar-refractivity contribution is 0.0952. The predicted octanol–water partition coefficient (Wildman–Crippen LogP) is 2.88. The molecule has 1 aliphatic heterocycles. The van der Waals surface area contributed by atoms with Gasteiger partial charge in [-0.05, 0) is 36.1 Å². The van der Waals surface area contributed by atoms with E-state index in [2.05, 4.69) is 29.4 Å². The van der Waals surface area contributed by atoms with Crippen molar-refractivity contribution in [3.63, 3.8) is 0 Å². The summed E-state index contributed by atoms with van der Waals surface area (Å²) in [7, 11) is 0. The van der Waals surface area contributed by atoms with E-state index in [1.54, 1.807) is 22.8 Å². The Morgan fingerprint density at radius 2 is 2.04 bits per heavy atom. The van der Waals surface area contributed by atoms with Crippen LogP contribution in [0.25, 0.3) is 10.9 Å². The number of fused-ring (bicyclic) bond motifs is 2. The van der Waals surface area contributed by atoms with Crippen molar-refractivity contribution in [3.05, 3.63) is 75.8 Å². The fourth-order valence-electron chi connectivity index (χ4n) is 3.47. The van der Waals surface area contributed by atoms with Gasteiger partial charge in [0.25, 0.3) is 11.5 Å². The van der Waals surface area contributed by atoms with E-state index in [1.807, 2.05) is 18.2 Å². The van der Waals surface area contributed by atoms with Crippen molar-refractivity contribution in [1.82, 2.24) is 14.9 Å². The zero-order valence-corrected chi connectivity index (χ0v) is 14.7. The Bertz CT molecular complexity index is 1020. The van der Waals surface area contributed by atoms with Crippen molar-refractivity contribution in [1.29, 1.82) is 0 Å². The zero-order chi connectivity index (χ0) is 18.1. The second-order valence-electron chi connectivity index (χ2n) is 6.84. The van der Waals surface area contributed by atoms with Crippen LogP contribution in [0.4, 0.5) is 0 Å². The fraction of sp³-hybridized carbons (Fsp3) is 0.286. The van der Waals surface area contributed by atoms with E-state index in [4.69, 9.17) is 0 Å². The molecule has 0 spiro atoms. The van der Waals surface area contributed by atoms with Crippen molar-refractivity contribution in [2.75, 3.05) is 6.54 Å². The maximum atomic E-state index is 12.5. The van der Waals surface area contributed by atoms with Crippen LogP contribution >= 0.6 is 0 Å². The van der Waals surface area contributed by atoms with Crippen molar-refractivity contribution in [3.8, 4) is 0 Å². The highest BCUT2D eigenvalue weighted by Gasteiger charge is 2.17. The second-order valence-corrected chi connectivity index (χ2v) is 6.84. The summed E-state index contributed by atoms with van der Waals surface area (Å²) in [5.41, 5.74) is 2.32. The maximum Gasteiger partial charge on any atom is 0.261 e. The molecular weight excluding hydrogens is 326 g/mol. The number of hydrogen-bond donors (Lipinski definition) is 1. The quantitative estimate of drug-likeness (QED) is 0.789. The number of nitrogens with zero attached hydrogens (tertiary/aromatic N) is 2. The number of carbonyl (C=O) groups excluding carboxylic acids is 1. The summed E-state index contributed by atoms with van der Waals surface area (Å²) in [6.07, 6.45) is 1.76. The molecule has 132 valence electrons. The molecule has 3 aromatic rings. The lowest BCUT2D eigenvalue weighted by atomic mass is 10.0. The van der Waals surface area contributed by atoms with E-state index < -0.39 is 0 Å². The summed E-state index contributed by atoms with van der Waals surface area (Å²) >= 11 is 0. The monoisotopic (exact) mass is 347 g/mol. The second kappa shape index (κ2) is 6.75. The van der Waals surface area contributed by atoms with Gasteiger partial charge in [0, 0.05) is 25.1 Å². The number of hydrogen-bond acceptors (Lipinski definition) is 3. The van der Waals surface area contributed by atoms with Crippen LogP contribution < -0.4 is 10.9 Å². The molecule has 1 atom stereocenters. The Morgan fingerprint density at radius 3 is 2.85 bits per heavy atom. The van der Waals surface area contributed by atoms with Crippen molar-refractivity contribution >= 4 is 16.8 Å². The third-order valence-electron chi connectivity index (χ3n) is 5.02. The molecule has 2 heterocycles. The largest absolute Gasteiger partial charge is 0.351 e. The van der Waals surface area contributed by atoms with Gasteiger partial charge in [0.15, 0.2) is 0 Å². The molecule has 1 aromatic heterocycles. The van der Waals surface area contributed by atoms with E-state index in [9.17, 15) is 9.59 Å². The number of aromatic nitrogens is 2. The summed E-state index contributed by atoms with van der Waals surface area (Å²) in [4.78, 5) is 29.6. The van der Waals surface area contributed by atoms with Crippen LogP contribution in [0.15, 0.2) is 53.3 Å². The van der Waals surface area contributed by atoms with Gasteiger partial charge in [-0.15, -0.1) is 0 Å². The topological polar surface area (TPSA) is 64.0 Å². The van der Waals surface area contributed by atoms with E-state index in [0.29, 0.717) is 23.0 Å². The molecule has 5 nitrogen and oxygen atoms in total. The smallest absolute Gasteiger partial charge is 0.261 e. The van der Waals surface area contributed by atoms with Crippen LogP contribution in [-0.2, 0) is 13.0 Å². The van der Waals surface area contributed by atoms with Gasteiger partial charge in [-0.1, -0.05) is 37.3 Å². The Morgan fingerprint density at radius 1 is 1.23 bits per heavy atom. The van der Waals surface area contributed by atoms with Crippen LogP contribution in [0, 0.1) is 0 Å². The minimum absolute atomic E-state index is 0.00726. The molecule has 1 N–H and O–H groups in total. The highest BCUT2D eigenvalue weighted by atomic mass is 16.1. The Balaban J connectivity index is 1.54. The van der Waals surface area contributed by atoms with Gasteiger partial charge in [0.1, 0.15) is 5.82 Å². The van der Waals surface area contributed by atoms with E-state index >= 15 is 0 Å². The average molecular weight is 347 g/mol. The fourth-order valence-corrected chi connectivity index (χ4v) is 3.47. The molecule has 0 fully saturated rings. The predicted molar refractivity (Wildman–Crippen MR) is 102 cm³/mol. The first-order chi connectivity index (χ1) is 12.6. The molecule has 0 radical (unpaired) electrons. The lowest BCUT2D eigenvalue weighted by Gasteiger charge is -2.13. The first kappa shape index (κ1) is 16.5. The van der Waals surface area contributed by atoms with Gasteiger partial charge in [-0.3, -0.25) is 14.2 Å². The van der Waals surface area contributed by atoms with Crippen molar-refractivity contribution < 1.29 is 4.79 Å². The molecule has 1 amide bonds. The minimum atomic E-state index is -0.142. The molecule has 0 aliphatic carbocycles. The van der Waals surface area contributed by atoms with Gasteiger partial charge in [0.2, 0.25) is 0 Å². The molecule has 0 bridgehead atoms. The summed E-state index contributed by atoms with van der Waals surface area (Å²) in [5, 5.41) is 3.55. The standard InChI is InChI=1S/C21H21N3O2/c1-14(15-6-3-2-4-7-15)13-22-20(25)16-9-10-17-18(12-16)23-19-8-5-11-24(19)21(17)26/h2-4,6-7,9-10,12,14H,5,8,11,13H2,1H3,(H,22,25). The molecular formula is C21H21N3O2. The van der Waals surface area contributed by atoms with Gasteiger partial charge < -0.3 is 5.32 Å². The SMILES string of the molecule is CC(CNC(=O)c1ccc2c(=O)n3c(nc2c1)CCC3)c1ccccc1. The van der Waals surface area contributed by atoms with Gasteiger partial charge in [-0.2, -0.15) is 0 Å². The lowest BCUT2D eigenvalue weighted by Crippen LogP contribution is -2.27. The molecule has 1 unspecified atom stereocenters. The summed E-state index contributed by atoms with van der Waals surface area (Å²) < 4.78 is 1.74. The molecule has 0 saturated heterocycles. The number of nitrogens with one attached hydrogen (secondary N) is 1.